The highest BCUT2D eigenvalue weighted by Crippen LogP contribution is 2.20. The van der Waals surface area contributed by atoms with Crippen molar-refractivity contribution in [1.82, 2.24) is 10.9 Å². The number of nitrogens with one attached hydrogen (secondary N) is 2. The Morgan fingerprint density at radius 2 is 1.64 bits per heavy atom. The highest BCUT2D eigenvalue weighted by atomic mass is 79.9. The van der Waals surface area contributed by atoms with Gasteiger partial charge in [-0.05, 0) is 36.4 Å². The van der Waals surface area contributed by atoms with Gasteiger partial charge in [0.2, 0.25) is 5.91 Å². The van der Waals surface area contributed by atoms with E-state index in [4.69, 9.17) is 0 Å². The monoisotopic (exact) mass is 378 g/mol. The number of halogens is 1. The lowest BCUT2D eigenvalue weighted by Gasteiger charge is -2.07. The Labute approximate surface area is 141 Å². The van der Waals surface area contributed by atoms with Crippen LogP contribution in [0.25, 0.3) is 0 Å². The Morgan fingerprint density at radius 3 is 2.32 bits per heavy atom. The van der Waals surface area contributed by atoms with Crippen LogP contribution in [0.4, 0.5) is 0 Å². The standard InChI is InChI=1S/C16H15BrN2O2S/c17-13-6-8-14(9-7-13)22-11-10-15(20)18-19-16(21)12-4-2-1-3-5-12/h1-9H,10-11H2,(H,18,20)(H,19,21). The Balaban J connectivity index is 1.68. The van der Waals surface area contributed by atoms with E-state index in [0.29, 0.717) is 17.7 Å². The highest BCUT2D eigenvalue weighted by Gasteiger charge is 2.06. The maximum atomic E-state index is 11.7. The van der Waals surface area contributed by atoms with Gasteiger partial charge in [-0.1, -0.05) is 34.1 Å². The molecule has 114 valence electrons. The zero-order chi connectivity index (χ0) is 15.8. The van der Waals surface area contributed by atoms with Crippen LogP contribution in [0.2, 0.25) is 0 Å². The zero-order valence-corrected chi connectivity index (χ0v) is 14.1. The maximum absolute atomic E-state index is 11.7. The molecular weight excluding hydrogens is 364 g/mol. The second kappa shape index (κ2) is 8.60. The van der Waals surface area contributed by atoms with Crippen molar-refractivity contribution in [2.45, 2.75) is 11.3 Å². The van der Waals surface area contributed by atoms with E-state index in [2.05, 4.69) is 26.8 Å². The van der Waals surface area contributed by atoms with Gasteiger partial charge in [0.05, 0.1) is 0 Å². The molecule has 2 aromatic rings. The van der Waals surface area contributed by atoms with Crippen LogP contribution in [-0.2, 0) is 4.79 Å². The summed E-state index contributed by atoms with van der Waals surface area (Å²) in [5.41, 5.74) is 5.32. The molecule has 0 spiro atoms. The lowest BCUT2D eigenvalue weighted by atomic mass is 10.2. The minimum absolute atomic E-state index is 0.214. The fourth-order valence-electron chi connectivity index (χ4n) is 1.64. The average molecular weight is 379 g/mol. The van der Waals surface area contributed by atoms with E-state index in [9.17, 15) is 9.59 Å². The molecule has 0 aliphatic rings. The van der Waals surface area contributed by atoms with Gasteiger partial charge in [-0.25, -0.2) is 0 Å². The van der Waals surface area contributed by atoms with Crippen molar-refractivity contribution in [3.63, 3.8) is 0 Å². The van der Waals surface area contributed by atoms with Crippen molar-refractivity contribution >= 4 is 39.5 Å². The van der Waals surface area contributed by atoms with E-state index in [-0.39, 0.29) is 11.8 Å². The van der Waals surface area contributed by atoms with E-state index < -0.39 is 0 Å². The molecule has 2 aromatic carbocycles. The SMILES string of the molecule is O=C(CCSc1ccc(Br)cc1)NNC(=O)c1ccccc1. The molecule has 4 nitrogen and oxygen atoms in total. The predicted molar refractivity (Wildman–Crippen MR) is 91.5 cm³/mol. The van der Waals surface area contributed by atoms with Gasteiger partial charge >= 0.3 is 0 Å². The van der Waals surface area contributed by atoms with Gasteiger partial charge in [-0.3, -0.25) is 20.4 Å². The van der Waals surface area contributed by atoms with E-state index in [1.165, 1.54) is 0 Å². The van der Waals surface area contributed by atoms with Crippen LogP contribution in [0.5, 0.6) is 0 Å². The Hall–Kier alpha value is -1.79. The molecule has 0 unspecified atom stereocenters. The number of rotatable bonds is 5. The van der Waals surface area contributed by atoms with Crippen LogP contribution in [0.15, 0.2) is 64.0 Å². The topological polar surface area (TPSA) is 58.2 Å². The number of hydrazine groups is 1. The summed E-state index contributed by atoms with van der Waals surface area (Å²) in [6.07, 6.45) is 0.329. The number of carbonyl (C=O) groups excluding carboxylic acids is 2. The first-order valence-corrected chi connectivity index (χ1v) is 8.45. The molecule has 0 bridgehead atoms. The Morgan fingerprint density at radius 1 is 0.955 bits per heavy atom. The van der Waals surface area contributed by atoms with Crippen LogP contribution >= 0.6 is 27.7 Å². The van der Waals surface area contributed by atoms with Crippen molar-refractivity contribution in [1.29, 1.82) is 0 Å². The normalized spacial score (nSPS) is 10.0. The van der Waals surface area contributed by atoms with Crippen molar-refractivity contribution in [2.24, 2.45) is 0 Å². The third kappa shape index (κ3) is 5.54. The third-order valence-corrected chi connectivity index (χ3v) is 4.31. The van der Waals surface area contributed by atoms with Gasteiger partial charge in [0.15, 0.2) is 0 Å². The average Bonchev–Trinajstić information content (AvgIpc) is 2.55. The molecule has 22 heavy (non-hydrogen) atoms. The lowest BCUT2D eigenvalue weighted by molar-refractivity contribution is -0.121. The molecule has 0 radical (unpaired) electrons. The number of thioether (sulfide) groups is 1. The minimum atomic E-state index is -0.325. The summed E-state index contributed by atoms with van der Waals surface area (Å²) in [6, 6.07) is 16.6. The number of benzene rings is 2. The molecule has 0 aliphatic heterocycles. The molecule has 0 saturated heterocycles. The predicted octanol–water partition coefficient (Wildman–Crippen LogP) is 3.39. The van der Waals surface area contributed by atoms with Crippen LogP contribution in [0, 0.1) is 0 Å². The second-order valence-corrected chi connectivity index (χ2v) is 6.50. The number of carbonyl (C=O) groups is 2. The number of hydrogen-bond acceptors (Lipinski definition) is 3. The van der Waals surface area contributed by atoms with E-state index >= 15 is 0 Å². The van der Waals surface area contributed by atoms with Crippen LogP contribution in [-0.4, -0.2) is 17.6 Å². The molecule has 2 rings (SSSR count). The van der Waals surface area contributed by atoms with E-state index in [1.807, 2.05) is 30.3 Å². The summed E-state index contributed by atoms with van der Waals surface area (Å²) in [5, 5.41) is 0. The van der Waals surface area contributed by atoms with Crippen molar-refractivity contribution in [2.75, 3.05) is 5.75 Å². The van der Waals surface area contributed by atoms with Gasteiger partial charge in [-0.2, -0.15) is 0 Å². The molecular formula is C16H15BrN2O2S. The number of amides is 2. The molecule has 0 atom stereocenters. The van der Waals surface area contributed by atoms with Crippen molar-refractivity contribution < 1.29 is 9.59 Å². The van der Waals surface area contributed by atoms with Gasteiger partial charge in [0.1, 0.15) is 0 Å². The quantitative estimate of drug-likeness (QED) is 0.619. The minimum Gasteiger partial charge on any atom is -0.273 e. The molecule has 0 aliphatic carbocycles. The first-order chi connectivity index (χ1) is 10.6. The molecule has 0 fully saturated rings. The lowest BCUT2D eigenvalue weighted by Crippen LogP contribution is -2.41. The molecule has 0 saturated carbocycles. The summed E-state index contributed by atoms with van der Waals surface area (Å²) in [7, 11) is 0. The van der Waals surface area contributed by atoms with Crippen LogP contribution < -0.4 is 10.9 Å². The zero-order valence-electron chi connectivity index (χ0n) is 11.7. The number of hydrogen-bond donors (Lipinski definition) is 2. The molecule has 6 heteroatoms. The fraction of sp³-hybridized carbons (Fsp3) is 0.125. The summed E-state index contributed by atoms with van der Waals surface area (Å²) in [6.45, 7) is 0. The van der Waals surface area contributed by atoms with Crippen molar-refractivity contribution in [3.8, 4) is 0 Å². The first kappa shape index (κ1) is 16.6. The summed E-state index contributed by atoms with van der Waals surface area (Å²) < 4.78 is 1.03. The first-order valence-electron chi connectivity index (χ1n) is 6.68. The van der Waals surface area contributed by atoms with Crippen molar-refractivity contribution in [3.05, 3.63) is 64.6 Å². The van der Waals surface area contributed by atoms with Crippen LogP contribution in [0.1, 0.15) is 16.8 Å². The summed E-state index contributed by atoms with van der Waals surface area (Å²) >= 11 is 4.97. The molecule has 2 N–H and O–H groups in total. The largest absolute Gasteiger partial charge is 0.273 e. The van der Waals surface area contributed by atoms with Gasteiger partial charge in [0.25, 0.3) is 5.91 Å². The smallest absolute Gasteiger partial charge is 0.269 e. The van der Waals surface area contributed by atoms with Gasteiger partial charge < -0.3 is 0 Å². The fourth-order valence-corrected chi connectivity index (χ4v) is 2.76. The third-order valence-electron chi connectivity index (χ3n) is 2.76. The maximum Gasteiger partial charge on any atom is 0.269 e. The Kier molecular flexibility index (Phi) is 6.48. The van der Waals surface area contributed by atoms with E-state index in [1.54, 1.807) is 36.0 Å². The molecule has 0 heterocycles. The summed E-state index contributed by atoms with van der Waals surface area (Å²) in [4.78, 5) is 24.5. The van der Waals surface area contributed by atoms with Crippen LogP contribution in [0.3, 0.4) is 0 Å². The Bertz CT molecular complexity index is 632. The van der Waals surface area contributed by atoms with Gasteiger partial charge in [-0.15, -0.1) is 11.8 Å². The summed E-state index contributed by atoms with van der Waals surface area (Å²) in [5.74, 6) is 0.109. The van der Waals surface area contributed by atoms with E-state index in [0.717, 1.165) is 9.37 Å². The highest BCUT2D eigenvalue weighted by molar-refractivity contribution is 9.10. The molecule has 2 amide bonds. The second-order valence-electron chi connectivity index (χ2n) is 4.42. The molecule has 0 aromatic heterocycles. The van der Waals surface area contributed by atoms with Gasteiger partial charge in [0, 0.05) is 27.1 Å².